The molecule has 0 unspecified atom stereocenters. The summed E-state index contributed by atoms with van der Waals surface area (Å²) in [7, 11) is 0. The van der Waals surface area contributed by atoms with Crippen LogP contribution in [0.25, 0.3) is 0 Å². The van der Waals surface area contributed by atoms with Crippen LogP contribution in [-0.2, 0) is 0 Å². The van der Waals surface area contributed by atoms with Gasteiger partial charge < -0.3 is 0 Å². The van der Waals surface area contributed by atoms with Crippen LogP contribution in [0.4, 0.5) is 0 Å². The van der Waals surface area contributed by atoms with E-state index in [-0.39, 0.29) is 11.6 Å². The third kappa shape index (κ3) is 2.93. The van der Waals surface area contributed by atoms with Crippen molar-refractivity contribution in [2.45, 2.75) is 52.2 Å². The van der Waals surface area contributed by atoms with E-state index in [9.17, 15) is 5.26 Å². The summed E-state index contributed by atoms with van der Waals surface area (Å²) < 4.78 is 0. The number of rotatable bonds is 1. The SMILES string of the molecule is CC(C)N1CCN(C(C)(C)C)[C@@H](C#N)C1. The molecule has 0 N–H and O–H groups in total. The average molecular weight is 209 g/mol. The summed E-state index contributed by atoms with van der Waals surface area (Å²) in [6.45, 7) is 13.9. The summed E-state index contributed by atoms with van der Waals surface area (Å²) in [6, 6.07) is 3.02. The molecule has 0 spiro atoms. The monoisotopic (exact) mass is 209 g/mol. The van der Waals surface area contributed by atoms with Gasteiger partial charge in [-0.1, -0.05) is 0 Å². The second-order valence-electron chi connectivity index (χ2n) is 5.60. The van der Waals surface area contributed by atoms with Crippen LogP contribution < -0.4 is 0 Å². The third-order valence-electron chi connectivity index (χ3n) is 3.15. The molecule has 1 atom stereocenters. The predicted molar refractivity (Wildman–Crippen MR) is 62.6 cm³/mol. The second-order valence-corrected chi connectivity index (χ2v) is 5.60. The van der Waals surface area contributed by atoms with Gasteiger partial charge in [0.15, 0.2) is 0 Å². The van der Waals surface area contributed by atoms with Crippen LogP contribution >= 0.6 is 0 Å². The molecule has 1 fully saturated rings. The molecule has 86 valence electrons. The Bertz CT molecular complexity index is 247. The standard InChI is InChI=1S/C12H23N3/c1-10(2)14-6-7-15(12(3,4)5)11(8-13)9-14/h10-11H,6-7,9H2,1-5H3/t11-/m0/s1. The molecule has 0 bridgehead atoms. The minimum atomic E-state index is 0.0427. The van der Waals surface area contributed by atoms with Gasteiger partial charge in [-0.25, -0.2) is 0 Å². The molecule has 1 saturated heterocycles. The van der Waals surface area contributed by atoms with Gasteiger partial charge in [-0.15, -0.1) is 0 Å². The van der Waals surface area contributed by atoms with Gasteiger partial charge in [-0.05, 0) is 34.6 Å². The van der Waals surface area contributed by atoms with Crippen molar-refractivity contribution in [3.05, 3.63) is 0 Å². The largest absolute Gasteiger partial charge is 0.297 e. The lowest BCUT2D eigenvalue weighted by Crippen LogP contribution is -2.59. The Morgan fingerprint density at radius 1 is 1.27 bits per heavy atom. The summed E-state index contributed by atoms with van der Waals surface area (Å²) in [6.07, 6.45) is 0. The molecule has 0 aliphatic carbocycles. The average Bonchev–Trinajstić information content (AvgIpc) is 2.15. The maximum Gasteiger partial charge on any atom is 0.111 e. The highest BCUT2D eigenvalue weighted by molar-refractivity contribution is 5.01. The Hall–Kier alpha value is -0.590. The first-order chi connectivity index (χ1) is 6.86. The van der Waals surface area contributed by atoms with E-state index in [1.54, 1.807) is 0 Å². The van der Waals surface area contributed by atoms with Crippen LogP contribution in [0.5, 0.6) is 0 Å². The molecule has 0 aromatic carbocycles. The Balaban J connectivity index is 2.70. The van der Waals surface area contributed by atoms with Gasteiger partial charge >= 0.3 is 0 Å². The van der Waals surface area contributed by atoms with Crippen LogP contribution in [0, 0.1) is 11.3 Å². The van der Waals surface area contributed by atoms with Crippen molar-refractivity contribution in [3.63, 3.8) is 0 Å². The van der Waals surface area contributed by atoms with E-state index in [1.807, 2.05) is 0 Å². The Labute approximate surface area is 93.7 Å². The Morgan fingerprint density at radius 3 is 2.27 bits per heavy atom. The summed E-state index contributed by atoms with van der Waals surface area (Å²) >= 11 is 0. The molecule has 15 heavy (non-hydrogen) atoms. The first kappa shape index (κ1) is 12.5. The van der Waals surface area contributed by atoms with E-state index in [4.69, 9.17) is 0 Å². The van der Waals surface area contributed by atoms with Crippen molar-refractivity contribution >= 4 is 0 Å². The van der Waals surface area contributed by atoms with Crippen LogP contribution in [0.3, 0.4) is 0 Å². The van der Waals surface area contributed by atoms with Crippen LogP contribution in [0.1, 0.15) is 34.6 Å². The molecule has 1 aliphatic heterocycles. The fraction of sp³-hybridized carbons (Fsp3) is 0.917. The fourth-order valence-electron chi connectivity index (χ4n) is 2.19. The molecule has 1 aliphatic rings. The van der Waals surface area contributed by atoms with Gasteiger partial charge in [0, 0.05) is 31.2 Å². The summed E-state index contributed by atoms with van der Waals surface area (Å²) in [4.78, 5) is 4.70. The highest BCUT2D eigenvalue weighted by Crippen LogP contribution is 2.21. The summed E-state index contributed by atoms with van der Waals surface area (Å²) in [5.74, 6) is 0. The molecular formula is C12H23N3. The van der Waals surface area contributed by atoms with Crippen molar-refractivity contribution in [1.29, 1.82) is 5.26 Å². The molecule has 1 heterocycles. The number of nitriles is 1. The minimum absolute atomic E-state index is 0.0427. The van der Waals surface area contributed by atoms with E-state index >= 15 is 0 Å². The highest BCUT2D eigenvalue weighted by atomic mass is 15.3. The maximum atomic E-state index is 9.21. The molecule has 1 rings (SSSR count). The summed E-state index contributed by atoms with van der Waals surface area (Å²) in [5, 5.41) is 9.21. The smallest absolute Gasteiger partial charge is 0.111 e. The first-order valence-corrected chi connectivity index (χ1v) is 5.76. The number of hydrogen-bond acceptors (Lipinski definition) is 3. The molecule has 0 radical (unpaired) electrons. The molecule has 0 aromatic heterocycles. The van der Waals surface area contributed by atoms with Gasteiger partial charge in [0.05, 0.1) is 6.07 Å². The summed E-state index contributed by atoms with van der Waals surface area (Å²) in [5.41, 5.74) is 0.101. The van der Waals surface area contributed by atoms with E-state index in [0.29, 0.717) is 6.04 Å². The van der Waals surface area contributed by atoms with Crippen molar-refractivity contribution in [1.82, 2.24) is 9.80 Å². The quantitative estimate of drug-likeness (QED) is 0.658. The lowest BCUT2D eigenvalue weighted by molar-refractivity contribution is 0.0214. The van der Waals surface area contributed by atoms with E-state index in [2.05, 4.69) is 50.5 Å². The van der Waals surface area contributed by atoms with Crippen molar-refractivity contribution in [2.24, 2.45) is 0 Å². The van der Waals surface area contributed by atoms with Gasteiger partial charge in [-0.3, -0.25) is 9.80 Å². The predicted octanol–water partition coefficient (Wildman–Crippen LogP) is 1.70. The highest BCUT2D eigenvalue weighted by Gasteiger charge is 2.34. The molecule has 3 heteroatoms. The first-order valence-electron chi connectivity index (χ1n) is 5.76. The molecule has 0 saturated carbocycles. The number of nitrogens with zero attached hydrogens (tertiary/aromatic N) is 3. The van der Waals surface area contributed by atoms with Gasteiger partial charge in [-0.2, -0.15) is 5.26 Å². The molecule has 0 aromatic rings. The molecule has 0 amide bonds. The zero-order valence-electron chi connectivity index (χ0n) is 10.6. The van der Waals surface area contributed by atoms with Gasteiger partial charge in [0.1, 0.15) is 6.04 Å². The van der Waals surface area contributed by atoms with Crippen LogP contribution in [0.2, 0.25) is 0 Å². The van der Waals surface area contributed by atoms with Crippen molar-refractivity contribution in [3.8, 4) is 6.07 Å². The minimum Gasteiger partial charge on any atom is -0.297 e. The van der Waals surface area contributed by atoms with E-state index < -0.39 is 0 Å². The molecular weight excluding hydrogens is 186 g/mol. The maximum absolute atomic E-state index is 9.21. The third-order valence-corrected chi connectivity index (χ3v) is 3.15. The number of hydrogen-bond donors (Lipinski definition) is 0. The van der Waals surface area contributed by atoms with E-state index in [1.165, 1.54) is 0 Å². The lowest BCUT2D eigenvalue weighted by Gasteiger charge is -2.46. The van der Waals surface area contributed by atoms with E-state index in [0.717, 1.165) is 19.6 Å². The van der Waals surface area contributed by atoms with Crippen LogP contribution in [-0.4, -0.2) is 47.1 Å². The van der Waals surface area contributed by atoms with Crippen LogP contribution in [0.15, 0.2) is 0 Å². The van der Waals surface area contributed by atoms with Gasteiger partial charge in [0.2, 0.25) is 0 Å². The zero-order chi connectivity index (χ0) is 11.6. The topological polar surface area (TPSA) is 30.3 Å². The molecule has 3 nitrogen and oxygen atoms in total. The second kappa shape index (κ2) is 4.51. The van der Waals surface area contributed by atoms with Crippen molar-refractivity contribution < 1.29 is 0 Å². The lowest BCUT2D eigenvalue weighted by atomic mass is 10.0. The Morgan fingerprint density at radius 2 is 1.87 bits per heavy atom. The fourth-order valence-corrected chi connectivity index (χ4v) is 2.19. The van der Waals surface area contributed by atoms with Gasteiger partial charge in [0.25, 0.3) is 0 Å². The normalized spacial score (nSPS) is 25.5. The van der Waals surface area contributed by atoms with Crippen molar-refractivity contribution in [2.75, 3.05) is 19.6 Å². The number of piperazine rings is 1. The Kier molecular flexibility index (Phi) is 3.75. The zero-order valence-corrected chi connectivity index (χ0v) is 10.6.